The molecule has 3 rings (SSSR count). The predicted octanol–water partition coefficient (Wildman–Crippen LogP) is 4.09. The van der Waals surface area contributed by atoms with Crippen LogP contribution in [0.4, 0.5) is 4.39 Å². The summed E-state index contributed by atoms with van der Waals surface area (Å²) in [5.41, 5.74) is 4.96. The van der Waals surface area contributed by atoms with Crippen LogP contribution < -0.4 is 15.6 Å². The second-order valence-corrected chi connectivity index (χ2v) is 5.74. The lowest BCUT2D eigenvalue weighted by molar-refractivity contribution is -0.117. The topological polar surface area (TPSA) is 67.4 Å². The van der Waals surface area contributed by atoms with Gasteiger partial charge in [-0.15, -0.1) is 0 Å². The highest BCUT2D eigenvalue weighted by atomic mass is 19.1. The van der Waals surface area contributed by atoms with Crippen LogP contribution in [-0.4, -0.2) is 11.8 Å². The van der Waals surface area contributed by atoms with Gasteiger partial charge in [0.05, 0.1) is 5.56 Å². The number of para-hydroxylation sites is 1. The molecule has 0 bridgehead atoms. The number of rotatable bonds is 5. The lowest BCUT2D eigenvalue weighted by Gasteiger charge is -2.06. The van der Waals surface area contributed by atoms with Crippen molar-refractivity contribution < 1.29 is 18.7 Å². The van der Waals surface area contributed by atoms with Crippen molar-refractivity contribution >= 4 is 17.9 Å². The fourth-order valence-electron chi connectivity index (χ4n) is 2.35. The number of nitrogens with one attached hydrogen (secondary N) is 2. The molecule has 0 aliphatic rings. The molecule has 0 aliphatic heterocycles. The molecule has 5 nitrogen and oxygen atoms in total. The molecule has 0 atom stereocenters. The summed E-state index contributed by atoms with van der Waals surface area (Å²) in [6.45, 7) is 0. The largest absolute Gasteiger partial charge is 0.457 e. The minimum Gasteiger partial charge on any atom is -0.457 e. The van der Waals surface area contributed by atoms with E-state index in [2.05, 4.69) is 10.9 Å². The van der Waals surface area contributed by atoms with Crippen molar-refractivity contribution in [3.8, 4) is 11.5 Å². The third-order valence-corrected chi connectivity index (χ3v) is 3.68. The van der Waals surface area contributed by atoms with Gasteiger partial charge in [-0.05, 0) is 48.0 Å². The predicted molar refractivity (Wildman–Crippen MR) is 104 cm³/mol. The molecule has 140 valence electrons. The van der Waals surface area contributed by atoms with Crippen molar-refractivity contribution in [3.63, 3.8) is 0 Å². The summed E-state index contributed by atoms with van der Waals surface area (Å²) in [6.07, 6.45) is 2.83. The Labute approximate surface area is 161 Å². The first-order chi connectivity index (χ1) is 13.6. The summed E-state index contributed by atoms with van der Waals surface area (Å²) < 4.78 is 19.3. The molecule has 0 saturated carbocycles. The summed E-state index contributed by atoms with van der Waals surface area (Å²) in [6, 6.07) is 22.0. The quantitative estimate of drug-likeness (QED) is 0.521. The van der Waals surface area contributed by atoms with Crippen LogP contribution in [0.1, 0.15) is 15.9 Å². The lowest BCUT2D eigenvalue weighted by atomic mass is 10.2. The van der Waals surface area contributed by atoms with Crippen LogP contribution in [0.3, 0.4) is 0 Å². The molecule has 0 spiro atoms. The molecule has 6 heteroatoms. The van der Waals surface area contributed by atoms with Crippen molar-refractivity contribution in [2.75, 3.05) is 0 Å². The zero-order valence-electron chi connectivity index (χ0n) is 14.8. The van der Waals surface area contributed by atoms with Crippen molar-refractivity contribution in [2.24, 2.45) is 0 Å². The number of amides is 2. The first-order valence-electron chi connectivity index (χ1n) is 8.48. The van der Waals surface area contributed by atoms with Crippen LogP contribution in [0.25, 0.3) is 6.08 Å². The summed E-state index contributed by atoms with van der Waals surface area (Å²) >= 11 is 0. The average Bonchev–Trinajstić information content (AvgIpc) is 2.72. The molecule has 0 heterocycles. The van der Waals surface area contributed by atoms with Crippen LogP contribution in [0, 0.1) is 5.82 Å². The van der Waals surface area contributed by atoms with Crippen molar-refractivity contribution in [2.45, 2.75) is 0 Å². The van der Waals surface area contributed by atoms with E-state index in [4.69, 9.17) is 4.74 Å². The van der Waals surface area contributed by atoms with E-state index in [9.17, 15) is 14.0 Å². The molecular weight excluding hydrogens is 359 g/mol. The maximum atomic E-state index is 13.5. The monoisotopic (exact) mass is 376 g/mol. The van der Waals surface area contributed by atoms with Gasteiger partial charge in [0.25, 0.3) is 11.8 Å². The zero-order valence-corrected chi connectivity index (χ0v) is 14.8. The van der Waals surface area contributed by atoms with Gasteiger partial charge in [-0.25, -0.2) is 4.39 Å². The highest BCUT2D eigenvalue weighted by molar-refractivity contribution is 5.98. The average molecular weight is 376 g/mol. The molecule has 3 aromatic rings. The molecule has 28 heavy (non-hydrogen) atoms. The Hall–Kier alpha value is -3.93. The van der Waals surface area contributed by atoms with E-state index in [0.29, 0.717) is 11.5 Å². The second-order valence-electron chi connectivity index (χ2n) is 5.74. The lowest BCUT2D eigenvalue weighted by Crippen LogP contribution is -2.41. The van der Waals surface area contributed by atoms with Crippen LogP contribution in [-0.2, 0) is 4.79 Å². The van der Waals surface area contributed by atoms with E-state index in [1.165, 1.54) is 30.3 Å². The van der Waals surface area contributed by atoms with Gasteiger partial charge in [0.2, 0.25) is 0 Å². The standard InChI is InChI=1S/C22H17FN2O3/c23-20-12-5-4-11-19(20)22(27)25-24-21(26)14-13-16-7-6-10-18(15-16)28-17-8-2-1-3-9-17/h1-15H,(H,24,26)(H,25,27)/b14-13+. The van der Waals surface area contributed by atoms with E-state index >= 15 is 0 Å². The maximum absolute atomic E-state index is 13.5. The summed E-state index contributed by atoms with van der Waals surface area (Å²) in [5.74, 6) is -0.629. The minimum atomic E-state index is -0.738. The molecule has 0 aromatic heterocycles. The van der Waals surface area contributed by atoms with Crippen LogP contribution in [0.2, 0.25) is 0 Å². The molecular formula is C22H17FN2O3. The minimum absolute atomic E-state index is 0.155. The Bertz CT molecular complexity index is 1000. The third kappa shape index (κ3) is 5.28. The first-order valence-corrected chi connectivity index (χ1v) is 8.48. The molecule has 0 aliphatic carbocycles. The second kappa shape index (κ2) is 9.14. The highest BCUT2D eigenvalue weighted by Gasteiger charge is 2.10. The Balaban J connectivity index is 1.56. The normalized spacial score (nSPS) is 10.5. The third-order valence-electron chi connectivity index (χ3n) is 3.68. The Morgan fingerprint density at radius 1 is 0.821 bits per heavy atom. The van der Waals surface area contributed by atoms with Crippen LogP contribution >= 0.6 is 0 Å². The number of carbonyl (C=O) groups is 2. The molecule has 0 saturated heterocycles. The van der Waals surface area contributed by atoms with Crippen molar-refractivity contribution in [1.29, 1.82) is 0 Å². The number of hydrazine groups is 1. The fourth-order valence-corrected chi connectivity index (χ4v) is 2.35. The Kier molecular flexibility index (Phi) is 6.15. The van der Waals surface area contributed by atoms with E-state index in [0.717, 1.165) is 5.56 Å². The first kappa shape index (κ1) is 18.8. The molecule has 0 fully saturated rings. The Morgan fingerprint density at radius 2 is 1.54 bits per heavy atom. The number of ether oxygens (including phenoxy) is 1. The Morgan fingerprint density at radius 3 is 2.32 bits per heavy atom. The number of hydrogen-bond acceptors (Lipinski definition) is 3. The zero-order chi connectivity index (χ0) is 19.8. The van der Waals surface area contributed by atoms with Crippen molar-refractivity contribution in [1.82, 2.24) is 10.9 Å². The summed E-state index contributed by atoms with van der Waals surface area (Å²) in [4.78, 5) is 23.7. The molecule has 3 aromatic carbocycles. The van der Waals surface area contributed by atoms with Gasteiger partial charge in [0.15, 0.2) is 0 Å². The van der Waals surface area contributed by atoms with Gasteiger partial charge in [-0.1, -0.05) is 42.5 Å². The molecule has 2 amide bonds. The van der Waals surface area contributed by atoms with E-state index in [1.807, 2.05) is 30.3 Å². The summed E-state index contributed by atoms with van der Waals surface area (Å²) in [7, 11) is 0. The molecule has 0 unspecified atom stereocenters. The van der Waals surface area contributed by atoms with Crippen molar-refractivity contribution in [3.05, 3.63) is 102 Å². The number of carbonyl (C=O) groups excluding carboxylic acids is 2. The van der Waals surface area contributed by atoms with Gasteiger partial charge in [-0.2, -0.15) is 0 Å². The fraction of sp³-hybridized carbons (Fsp3) is 0. The maximum Gasteiger partial charge on any atom is 0.272 e. The smallest absolute Gasteiger partial charge is 0.272 e. The summed E-state index contributed by atoms with van der Waals surface area (Å²) in [5, 5.41) is 0. The van der Waals surface area contributed by atoms with Gasteiger partial charge in [0.1, 0.15) is 17.3 Å². The van der Waals surface area contributed by atoms with E-state index in [-0.39, 0.29) is 5.56 Å². The molecule has 2 N–H and O–H groups in total. The number of benzene rings is 3. The van der Waals surface area contributed by atoms with Gasteiger partial charge in [-0.3, -0.25) is 20.4 Å². The van der Waals surface area contributed by atoms with E-state index < -0.39 is 17.6 Å². The van der Waals surface area contributed by atoms with Gasteiger partial charge >= 0.3 is 0 Å². The van der Waals surface area contributed by atoms with E-state index in [1.54, 1.807) is 30.3 Å². The molecule has 0 radical (unpaired) electrons. The van der Waals surface area contributed by atoms with Crippen LogP contribution in [0.5, 0.6) is 11.5 Å². The SMILES string of the molecule is O=C(/C=C/c1cccc(Oc2ccccc2)c1)NNC(=O)c1ccccc1F. The number of hydrogen-bond donors (Lipinski definition) is 2. The number of halogens is 1. The van der Waals surface area contributed by atoms with Crippen LogP contribution in [0.15, 0.2) is 84.9 Å². The highest BCUT2D eigenvalue weighted by Crippen LogP contribution is 2.22. The van der Waals surface area contributed by atoms with Gasteiger partial charge < -0.3 is 4.74 Å². The van der Waals surface area contributed by atoms with Gasteiger partial charge in [0, 0.05) is 6.08 Å².